The number of fused-ring (bicyclic) bond motifs is 3. The van der Waals surface area contributed by atoms with Crippen LogP contribution in [0, 0.1) is 0 Å². The standard InChI is InChI=1S/C16H55O12P7Si10/c1-33-43(19-38(10,11)12)27-44(34-2)23-39(13-29,17-36(4,5)6)20-41(15-31)21-40(14-30,18-37(7,8)9)24-45(28-43,35-3)26-42(16-32,22-41)25-44/h33-35H,13-16,29-32H2,1-12H3. The van der Waals surface area contributed by atoms with Crippen molar-refractivity contribution in [3.8, 4) is 0 Å². The Labute approximate surface area is 296 Å². The van der Waals surface area contributed by atoms with Gasteiger partial charge in [0.05, 0.1) is 0 Å². The van der Waals surface area contributed by atoms with Crippen LogP contribution >= 0.6 is 61.3 Å². The van der Waals surface area contributed by atoms with Gasteiger partial charge in [-0.3, -0.25) is 0 Å². The summed E-state index contributed by atoms with van der Waals surface area (Å²) in [6.07, 6.45) is 0. The van der Waals surface area contributed by atoms with Crippen LogP contribution < -0.4 is 0 Å². The van der Waals surface area contributed by atoms with Crippen molar-refractivity contribution in [2.75, 3.05) is 43.1 Å². The van der Waals surface area contributed by atoms with Gasteiger partial charge in [-0.25, -0.2) is 0 Å². The van der Waals surface area contributed by atoms with E-state index in [4.69, 9.17) is 49.4 Å². The van der Waals surface area contributed by atoms with Crippen LogP contribution in [0.4, 0.5) is 0 Å². The summed E-state index contributed by atoms with van der Waals surface area (Å²) in [6, 6.07) is 0. The Morgan fingerprint density at radius 2 is 0.800 bits per heavy atom. The molecular weight excluding hydrogens is 882 g/mol. The monoisotopic (exact) mass is 936 g/mol. The maximum absolute atomic E-state index is 7.33. The molecule has 3 rings (SSSR count). The van der Waals surface area contributed by atoms with E-state index in [1.54, 1.807) is 0 Å². The van der Waals surface area contributed by atoms with E-state index in [0.717, 1.165) is 0 Å². The van der Waals surface area contributed by atoms with E-state index < -0.39 is 85.6 Å². The third-order valence-electron chi connectivity index (χ3n) is 5.91. The Bertz CT molecular complexity index is 901. The van der Waals surface area contributed by atoms with Crippen molar-refractivity contribution >= 4 is 147 Å². The van der Waals surface area contributed by atoms with Gasteiger partial charge < -0.3 is 49.4 Å². The van der Waals surface area contributed by atoms with E-state index in [0.29, 0.717) is 23.1 Å². The molecule has 3 aliphatic rings. The molecule has 4 bridgehead atoms. The number of rotatable bonds is 13. The molecule has 0 spiro atoms. The Morgan fingerprint density at radius 3 is 1.07 bits per heavy atom. The molecule has 0 amide bonds. The van der Waals surface area contributed by atoms with E-state index in [2.05, 4.69) is 103 Å². The van der Waals surface area contributed by atoms with Gasteiger partial charge in [0.25, 0.3) is 0 Å². The first kappa shape index (κ1) is 44.1. The van der Waals surface area contributed by atoms with Crippen molar-refractivity contribution in [2.24, 2.45) is 0 Å². The maximum Gasteiger partial charge on any atom is 0.501 e. The molecule has 3 heterocycles. The normalized spacial score (nSPS) is 42.4. The third-order valence-corrected chi connectivity index (χ3v) is 61.5. The van der Waals surface area contributed by atoms with Gasteiger partial charge in [-0.1, -0.05) is 24.4 Å². The van der Waals surface area contributed by atoms with Crippen molar-refractivity contribution in [1.82, 2.24) is 0 Å². The average Bonchev–Trinajstić information content (AvgIpc) is 2.87. The van der Waals surface area contributed by atoms with Gasteiger partial charge in [0.1, 0.15) is 0 Å². The lowest BCUT2D eigenvalue weighted by atomic mass is 11.8. The first-order valence-electron chi connectivity index (χ1n) is 14.7. The molecule has 3 saturated heterocycles. The van der Waals surface area contributed by atoms with Crippen LogP contribution in [0.5, 0.6) is 0 Å². The third kappa shape index (κ3) is 11.1. The Balaban J connectivity index is 2.50. The lowest BCUT2D eigenvalue weighted by Crippen LogP contribution is -2.83. The van der Waals surface area contributed by atoms with Gasteiger partial charge in [0.15, 0.2) is 25.0 Å². The molecule has 11 unspecified atom stereocenters. The van der Waals surface area contributed by atoms with Crippen LogP contribution in [0.15, 0.2) is 0 Å². The summed E-state index contributed by atoms with van der Waals surface area (Å²) in [4.78, 5) is 0. The van der Waals surface area contributed by atoms with Crippen molar-refractivity contribution in [3.63, 3.8) is 0 Å². The molecule has 0 saturated carbocycles. The number of hydrogen-bond donors (Lipinski definition) is 0. The van der Waals surface area contributed by atoms with Crippen LogP contribution in [-0.2, 0) is 49.4 Å². The fraction of sp³-hybridized carbons (Fsp3) is 1.00. The van der Waals surface area contributed by atoms with E-state index >= 15 is 0 Å². The SMILES string of the molecule is CP[Si]12O[Si](CP)(O[Si](C)(C)C)O[Si]3(CP)O[Si](CP)(O[Si](C)(C)C)O[Si](PC)(O[Si](CP)(O3)O1)O[Si](O[Si](C)(C)C)(PC)O2. The molecular formula is C16H55O12P7Si10. The molecule has 0 aromatic rings. The van der Waals surface area contributed by atoms with Crippen LogP contribution in [0.1, 0.15) is 0 Å². The summed E-state index contributed by atoms with van der Waals surface area (Å²) in [7, 11) is -21.0. The molecule has 0 aromatic carbocycles. The van der Waals surface area contributed by atoms with Gasteiger partial charge in [-0.05, 0) is 78.9 Å². The highest BCUT2D eigenvalue weighted by molar-refractivity contribution is 7.84. The van der Waals surface area contributed by atoms with Crippen molar-refractivity contribution in [1.29, 1.82) is 0 Å². The fourth-order valence-electron chi connectivity index (χ4n) is 4.62. The van der Waals surface area contributed by atoms with Crippen LogP contribution in [0.2, 0.25) is 58.9 Å². The van der Waals surface area contributed by atoms with Gasteiger partial charge >= 0.3 is 60.6 Å². The predicted octanol–water partition coefficient (Wildman–Crippen LogP) is 4.38. The minimum Gasteiger partial charge on any atom is -0.417 e. The quantitative estimate of drug-likeness (QED) is 0.193. The fourth-order valence-corrected chi connectivity index (χ4v) is 81.7. The first-order valence-corrected chi connectivity index (χ1v) is 48.6. The second-order valence-electron chi connectivity index (χ2n) is 13.5. The summed E-state index contributed by atoms with van der Waals surface area (Å²) in [5.41, 5.74) is 0. The van der Waals surface area contributed by atoms with Crippen LogP contribution in [0.3, 0.4) is 0 Å². The van der Waals surface area contributed by atoms with Gasteiger partial charge in [0, 0.05) is 23.1 Å². The van der Waals surface area contributed by atoms with Crippen molar-refractivity contribution in [2.45, 2.75) is 58.9 Å². The molecule has 3 aliphatic heterocycles. The van der Waals surface area contributed by atoms with E-state index in [-0.39, 0.29) is 24.4 Å². The van der Waals surface area contributed by atoms with Crippen LogP contribution in [0.25, 0.3) is 0 Å². The Morgan fingerprint density at radius 1 is 0.444 bits per heavy atom. The molecule has 0 aliphatic carbocycles. The molecule has 29 heteroatoms. The molecule has 45 heavy (non-hydrogen) atoms. The lowest BCUT2D eigenvalue weighted by Gasteiger charge is -2.58. The Hall–Kier alpha value is 4.70. The molecule has 0 radical (unpaired) electrons. The second kappa shape index (κ2) is 15.8. The number of hydrogen-bond acceptors (Lipinski definition) is 12. The zero-order valence-corrected chi connectivity index (χ0v) is 46.2. The van der Waals surface area contributed by atoms with E-state index in [1.165, 1.54) is 0 Å². The van der Waals surface area contributed by atoms with Crippen LogP contribution in [-0.4, -0.2) is 129 Å². The first-order chi connectivity index (χ1) is 20.4. The highest BCUT2D eigenvalue weighted by Gasteiger charge is 2.77. The zero-order chi connectivity index (χ0) is 34.4. The van der Waals surface area contributed by atoms with Gasteiger partial charge in [-0.15, -0.1) is 37.0 Å². The molecule has 0 aromatic heterocycles. The van der Waals surface area contributed by atoms with Crippen molar-refractivity contribution < 1.29 is 49.4 Å². The Kier molecular flexibility index (Phi) is 15.5. The largest absolute Gasteiger partial charge is 0.501 e. The van der Waals surface area contributed by atoms with E-state index in [1.807, 2.05) is 13.3 Å². The predicted molar refractivity (Wildman–Crippen MR) is 224 cm³/mol. The van der Waals surface area contributed by atoms with E-state index in [9.17, 15) is 0 Å². The minimum absolute atomic E-state index is 0.107. The zero-order valence-electron chi connectivity index (χ0n) is 28.5. The molecule has 12 nitrogen and oxygen atoms in total. The average molecular weight is 937 g/mol. The molecule has 11 atom stereocenters. The second-order valence-corrected chi connectivity index (χ2v) is 62.8. The lowest BCUT2D eigenvalue weighted by molar-refractivity contribution is 0.0366. The summed E-state index contributed by atoms with van der Waals surface area (Å²) < 4.78 is 86.7. The minimum atomic E-state index is -3.77. The summed E-state index contributed by atoms with van der Waals surface area (Å²) in [6.45, 7) is 25.3. The summed E-state index contributed by atoms with van der Waals surface area (Å²) in [5, 5.41) is 0. The van der Waals surface area contributed by atoms with Crippen molar-refractivity contribution in [3.05, 3.63) is 0 Å². The molecule has 0 N–H and O–H groups in total. The van der Waals surface area contributed by atoms with Gasteiger partial charge in [0.2, 0.25) is 0 Å². The highest BCUT2D eigenvalue weighted by atomic mass is 31.4. The molecule has 266 valence electrons. The van der Waals surface area contributed by atoms with Gasteiger partial charge in [-0.2, -0.15) is 0 Å². The summed E-state index contributed by atoms with van der Waals surface area (Å²) >= 11 is 0. The maximum atomic E-state index is 7.33. The highest BCUT2D eigenvalue weighted by Crippen LogP contribution is 2.53. The molecule has 3 fully saturated rings. The summed E-state index contributed by atoms with van der Waals surface area (Å²) in [5.74, 6) is 1.48. The topological polar surface area (TPSA) is 111 Å². The smallest absolute Gasteiger partial charge is 0.417 e.